The van der Waals surface area contributed by atoms with Crippen molar-refractivity contribution in [2.45, 2.75) is 13.3 Å². The van der Waals surface area contributed by atoms with E-state index < -0.39 is 4.92 Å². The molecule has 0 aliphatic carbocycles. The van der Waals surface area contributed by atoms with E-state index in [0.29, 0.717) is 21.8 Å². The van der Waals surface area contributed by atoms with Crippen molar-refractivity contribution in [3.05, 3.63) is 73.6 Å². The SMILES string of the molecule is Cc1nc(NC(=O)c2cc3cc([N+](=O)[O-])ccc3s2)sc1Cc1ccc2c(c1)OCO2. The number of carbonyl (C=O) groups is 1. The van der Waals surface area contributed by atoms with Gasteiger partial charge in [0.25, 0.3) is 11.6 Å². The number of aromatic nitrogens is 1. The number of rotatable bonds is 5. The molecule has 0 bridgehead atoms. The minimum atomic E-state index is -0.448. The predicted octanol–water partition coefficient (Wildman–Crippen LogP) is 5.15. The fourth-order valence-electron chi connectivity index (χ4n) is 3.30. The van der Waals surface area contributed by atoms with E-state index in [4.69, 9.17) is 9.47 Å². The lowest BCUT2D eigenvalue weighted by Gasteiger charge is -2.02. The number of nitro benzene ring substituents is 1. The number of fused-ring (bicyclic) bond motifs is 2. The van der Waals surface area contributed by atoms with E-state index in [1.54, 1.807) is 12.1 Å². The molecule has 0 spiro atoms. The Labute approximate surface area is 184 Å². The van der Waals surface area contributed by atoms with Gasteiger partial charge in [-0.1, -0.05) is 6.07 Å². The molecule has 1 amide bonds. The van der Waals surface area contributed by atoms with Crippen LogP contribution in [0.15, 0.2) is 42.5 Å². The molecule has 2 aromatic carbocycles. The molecule has 4 aromatic rings. The number of anilines is 1. The first kappa shape index (κ1) is 19.5. The van der Waals surface area contributed by atoms with Crippen molar-refractivity contribution in [2.75, 3.05) is 12.1 Å². The van der Waals surface area contributed by atoms with Crippen LogP contribution in [0.25, 0.3) is 10.1 Å². The van der Waals surface area contributed by atoms with Crippen LogP contribution in [0.5, 0.6) is 11.5 Å². The van der Waals surface area contributed by atoms with Crippen LogP contribution < -0.4 is 14.8 Å². The Bertz CT molecular complexity index is 1340. The highest BCUT2D eigenvalue weighted by atomic mass is 32.1. The van der Waals surface area contributed by atoms with Crippen LogP contribution in [0.4, 0.5) is 10.8 Å². The maximum absolute atomic E-state index is 12.7. The average molecular weight is 454 g/mol. The van der Waals surface area contributed by atoms with Gasteiger partial charge in [0.1, 0.15) is 0 Å². The first-order chi connectivity index (χ1) is 15.0. The van der Waals surface area contributed by atoms with Crippen LogP contribution in [0.3, 0.4) is 0 Å². The topological polar surface area (TPSA) is 104 Å². The standard InChI is InChI=1S/C21H15N3O5S2/c1-11-18(7-12-2-4-15-16(6-12)29-10-28-15)31-21(22-11)23-20(25)19-9-13-8-14(24(26)27)3-5-17(13)30-19/h2-6,8-9H,7,10H2,1H3,(H,22,23,25). The number of aryl methyl sites for hydroxylation is 1. The molecule has 0 saturated heterocycles. The average Bonchev–Trinajstić information content (AvgIpc) is 3.45. The van der Waals surface area contributed by atoms with Crippen LogP contribution >= 0.6 is 22.7 Å². The van der Waals surface area contributed by atoms with Gasteiger partial charge in [-0.25, -0.2) is 4.98 Å². The molecule has 1 aliphatic rings. The molecular weight excluding hydrogens is 438 g/mol. The summed E-state index contributed by atoms with van der Waals surface area (Å²) < 4.78 is 11.6. The number of thiazole rings is 1. The Kier molecular flexibility index (Phi) is 4.79. The molecule has 0 saturated carbocycles. The van der Waals surface area contributed by atoms with E-state index in [9.17, 15) is 14.9 Å². The number of nitrogens with one attached hydrogen (secondary N) is 1. The number of carbonyl (C=O) groups excluding carboxylic acids is 1. The van der Waals surface area contributed by atoms with E-state index in [0.717, 1.165) is 32.3 Å². The van der Waals surface area contributed by atoms with E-state index in [2.05, 4.69) is 10.3 Å². The van der Waals surface area contributed by atoms with Crippen molar-refractivity contribution < 1.29 is 19.2 Å². The van der Waals surface area contributed by atoms with Gasteiger partial charge in [-0.3, -0.25) is 20.2 Å². The van der Waals surface area contributed by atoms with Gasteiger partial charge in [0.15, 0.2) is 16.6 Å². The fraction of sp³-hybridized carbons (Fsp3) is 0.143. The number of amides is 1. The van der Waals surface area contributed by atoms with Gasteiger partial charge < -0.3 is 9.47 Å². The van der Waals surface area contributed by atoms with Gasteiger partial charge >= 0.3 is 0 Å². The lowest BCUT2D eigenvalue weighted by atomic mass is 10.1. The summed E-state index contributed by atoms with van der Waals surface area (Å²) in [6.45, 7) is 2.15. The molecular formula is C21H15N3O5S2. The summed E-state index contributed by atoms with van der Waals surface area (Å²) in [6, 6.07) is 12.1. The molecule has 10 heteroatoms. The number of ether oxygens (including phenoxy) is 2. The van der Waals surface area contributed by atoms with E-state index in [-0.39, 0.29) is 18.4 Å². The van der Waals surface area contributed by atoms with Gasteiger partial charge in [-0.2, -0.15) is 0 Å². The van der Waals surface area contributed by atoms with Gasteiger partial charge in [-0.15, -0.1) is 22.7 Å². The van der Waals surface area contributed by atoms with Crippen molar-refractivity contribution >= 4 is 49.5 Å². The molecule has 0 fully saturated rings. The Hall–Kier alpha value is -3.50. The summed E-state index contributed by atoms with van der Waals surface area (Å²) in [5.74, 6) is 1.19. The van der Waals surface area contributed by atoms with Gasteiger partial charge in [0.2, 0.25) is 6.79 Å². The van der Waals surface area contributed by atoms with Gasteiger partial charge in [-0.05, 0) is 36.8 Å². The van der Waals surface area contributed by atoms with Crippen LogP contribution in [0.1, 0.15) is 25.8 Å². The Morgan fingerprint density at radius 3 is 2.84 bits per heavy atom. The zero-order chi connectivity index (χ0) is 21.5. The largest absolute Gasteiger partial charge is 0.454 e. The fourth-order valence-corrected chi connectivity index (χ4v) is 5.23. The monoisotopic (exact) mass is 453 g/mol. The number of thiophene rings is 1. The highest BCUT2D eigenvalue weighted by Crippen LogP contribution is 2.35. The quantitative estimate of drug-likeness (QED) is 0.331. The first-order valence-electron chi connectivity index (χ1n) is 9.30. The zero-order valence-electron chi connectivity index (χ0n) is 16.2. The second-order valence-corrected chi connectivity index (χ2v) is 9.10. The summed E-state index contributed by atoms with van der Waals surface area (Å²) in [6.07, 6.45) is 0.669. The van der Waals surface area contributed by atoms with E-state index in [1.165, 1.54) is 34.8 Å². The minimum absolute atomic E-state index is 0.000894. The summed E-state index contributed by atoms with van der Waals surface area (Å²) in [7, 11) is 0. The van der Waals surface area contributed by atoms with Crippen LogP contribution in [-0.4, -0.2) is 22.6 Å². The molecule has 0 atom stereocenters. The smallest absolute Gasteiger partial charge is 0.270 e. The minimum Gasteiger partial charge on any atom is -0.454 e. The molecule has 1 N–H and O–H groups in total. The maximum atomic E-state index is 12.7. The third kappa shape index (κ3) is 3.82. The predicted molar refractivity (Wildman–Crippen MR) is 119 cm³/mol. The van der Waals surface area contributed by atoms with Crippen molar-refractivity contribution in [3.8, 4) is 11.5 Å². The molecule has 31 heavy (non-hydrogen) atoms. The number of hydrogen-bond donors (Lipinski definition) is 1. The van der Waals surface area contributed by atoms with Crippen LogP contribution in [0.2, 0.25) is 0 Å². The van der Waals surface area contributed by atoms with Crippen LogP contribution in [-0.2, 0) is 6.42 Å². The molecule has 5 rings (SSSR count). The van der Waals surface area contributed by atoms with Crippen LogP contribution in [0, 0.1) is 17.0 Å². The normalized spacial score (nSPS) is 12.3. The number of benzene rings is 2. The second kappa shape index (κ2) is 7.64. The maximum Gasteiger partial charge on any atom is 0.270 e. The third-order valence-corrected chi connectivity index (χ3v) is 7.04. The first-order valence-corrected chi connectivity index (χ1v) is 10.9. The molecule has 3 heterocycles. The number of nitro groups is 1. The lowest BCUT2D eigenvalue weighted by Crippen LogP contribution is -2.09. The van der Waals surface area contributed by atoms with E-state index in [1.807, 2.05) is 25.1 Å². The zero-order valence-corrected chi connectivity index (χ0v) is 17.8. The Morgan fingerprint density at radius 1 is 1.16 bits per heavy atom. The van der Waals surface area contributed by atoms with Crippen molar-refractivity contribution in [1.82, 2.24) is 4.98 Å². The van der Waals surface area contributed by atoms with E-state index >= 15 is 0 Å². The number of hydrogen-bond acceptors (Lipinski definition) is 8. The number of non-ortho nitro benzene ring substituents is 1. The summed E-state index contributed by atoms with van der Waals surface area (Å²) >= 11 is 2.71. The molecule has 0 unspecified atom stereocenters. The van der Waals surface area contributed by atoms with Crippen molar-refractivity contribution in [3.63, 3.8) is 0 Å². The highest BCUT2D eigenvalue weighted by molar-refractivity contribution is 7.21. The Balaban J connectivity index is 1.33. The second-order valence-electron chi connectivity index (χ2n) is 6.94. The molecule has 2 aromatic heterocycles. The summed E-state index contributed by atoms with van der Waals surface area (Å²) in [4.78, 5) is 29.2. The third-order valence-electron chi connectivity index (χ3n) is 4.85. The number of nitrogens with zero attached hydrogens (tertiary/aromatic N) is 2. The highest BCUT2D eigenvalue weighted by Gasteiger charge is 2.18. The van der Waals surface area contributed by atoms with Gasteiger partial charge in [0.05, 0.1) is 15.5 Å². The lowest BCUT2D eigenvalue weighted by molar-refractivity contribution is -0.384. The summed E-state index contributed by atoms with van der Waals surface area (Å²) in [5.41, 5.74) is 1.92. The van der Waals surface area contributed by atoms with Crippen molar-refractivity contribution in [2.24, 2.45) is 0 Å². The molecule has 8 nitrogen and oxygen atoms in total. The molecule has 156 valence electrons. The molecule has 0 radical (unpaired) electrons. The summed E-state index contributed by atoms with van der Waals surface area (Å²) in [5, 5.41) is 15.0. The molecule has 1 aliphatic heterocycles. The van der Waals surface area contributed by atoms with Gasteiger partial charge in [0, 0.05) is 33.5 Å². The Morgan fingerprint density at radius 2 is 2.00 bits per heavy atom. The van der Waals surface area contributed by atoms with Crippen molar-refractivity contribution in [1.29, 1.82) is 0 Å².